The van der Waals surface area contributed by atoms with Crippen LogP contribution in [0, 0.1) is 0 Å². The molecular weight excluding hydrogens is 374 g/mol. The lowest BCUT2D eigenvalue weighted by atomic mass is 10.3. The molecule has 1 aromatic heterocycles. The van der Waals surface area contributed by atoms with Crippen LogP contribution in [0.25, 0.3) is 0 Å². The molecule has 2 aromatic carbocycles. The van der Waals surface area contributed by atoms with Crippen LogP contribution in [0.1, 0.15) is 16.3 Å². The van der Waals surface area contributed by atoms with Crippen molar-refractivity contribution in [3.8, 4) is 5.75 Å². The number of halogens is 1. The number of methoxy groups -OCH3 is 1. The van der Waals surface area contributed by atoms with Crippen molar-refractivity contribution in [2.45, 2.75) is 10.6 Å². The second-order valence-corrected chi connectivity index (χ2v) is 7.25. The number of para-hydroxylation sites is 2. The Morgan fingerprint density at radius 2 is 1.85 bits per heavy atom. The first-order valence-corrected chi connectivity index (χ1v) is 9.43. The van der Waals surface area contributed by atoms with Crippen molar-refractivity contribution in [1.82, 2.24) is 0 Å². The van der Waals surface area contributed by atoms with E-state index in [1.54, 1.807) is 54.6 Å². The SMILES string of the molecule is COc1ccccc1NC(=O)c1ccc(CS(=O)c2ccc(Cl)cc2)o1. The van der Waals surface area contributed by atoms with E-state index in [0.29, 0.717) is 27.1 Å². The van der Waals surface area contributed by atoms with Crippen LogP contribution >= 0.6 is 11.6 Å². The number of hydrogen-bond acceptors (Lipinski definition) is 4. The molecule has 0 aliphatic heterocycles. The zero-order valence-electron chi connectivity index (χ0n) is 13.9. The van der Waals surface area contributed by atoms with Gasteiger partial charge in [0.1, 0.15) is 11.5 Å². The summed E-state index contributed by atoms with van der Waals surface area (Å²) in [5, 5.41) is 3.32. The van der Waals surface area contributed by atoms with Gasteiger partial charge in [-0.15, -0.1) is 0 Å². The summed E-state index contributed by atoms with van der Waals surface area (Å²) < 4.78 is 23.1. The summed E-state index contributed by atoms with van der Waals surface area (Å²) in [5.41, 5.74) is 0.544. The number of hydrogen-bond donors (Lipinski definition) is 1. The van der Waals surface area contributed by atoms with Gasteiger partial charge in [0.15, 0.2) is 5.76 Å². The standard InChI is InChI=1S/C19H16ClNO4S/c1-24-17-5-3-2-4-16(17)21-19(22)18-11-8-14(25-18)12-26(23)15-9-6-13(20)7-10-15/h2-11H,12H2,1H3,(H,21,22). The number of benzene rings is 2. The third-order valence-electron chi connectivity index (χ3n) is 3.59. The van der Waals surface area contributed by atoms with E-state index >= 15 is 0 Å². The number of carbonyl (C=O) groups is 1. The number of anilines is 1. The van der Waals surface area contributed by atoms with E-state index in [9.17, 15) is 9.00 Å². The Morgan fingerprint density at radius 3 is 2.58 bits per heavy atom. The maximum absolute atomic E-state index is 12.4. The van der Waals surface area contributed by atoms with Crippen LogP contribution in [0.15, 0.2) is 70.0 Å². The predicted molar refractivity (Wildman–Crippen MR) is 101 cm³/mol. The van der Waals surface area contributed by atoms with Crippen LogP contribution in [0.3, 0.4) is 0 Å². The highest BCUT2D eigenvalue weighted by atomic mass is 35.5. The average Bonchev–Trinajstić information content (AvgIpc) is 3.11. The topological polar surface area (TPSA) is 68.5 Å². The summed E-state index contributed by atoms with van der Waals surface area (Å²) in [7, 11) is 0.240. The molecule has 5 nitrogen and oxygen atoms in total. The fourth-order valence-electron chi connectivity index (χ4n) is 2.31. The lowest BCUT2D eigenvalue weighted by molar-refractivity contribution is 0.0995. The highest BCUT2D eigenvalue weighted by Gasteiger charge is 2.15. The van der Waals surface area contributed by atoms with Crippen LogP contribution in [0.4, 0.5) is 5.69 Å². The van der Waals surface area contributed by atoms with Gasteiger partial charge in [-0.3, -0.25) is 9.00 Å². The molecule has 0 spiro atoms. The summed E-state index contributed by atoms with van der Waals surface area (Å²) >= 11 is 5.83. The zero-order valence-corrected chi connectivity index (χ0v) is 15.5. The van der Waals surface area contributed by atoms with E-state index in [2.05, 4.69) is 5.32 Å². The van der Waals surface area contributed by atoms with Crippen LogP contribution in [0.5, 0.6) is 5.75 Å². The molecule has 1 heterocycles. The Morgan fingerprint density at radius 1 is 1.12 bits per heavy atom. The predicted octanol–water partition coefficient (Wildman–Crippen LogP) is 4.50. The molecule has 1 atom stereocenters. The van der Waals surface area contributed by atoms with Crippen LogP contribution in [0.2, 0.25) is 5.02 Å². The molecule has 7 heteroatoms. The minimum atomic E-state index is -1.29. The van der Waals surface area contributed by atoms with Crippen molar-refractivity contribution in [3.05, 3.63) is 77.2 Å². The van der Waals surface area contributed by atoms with Crippen molar-refractivity contribution in [3.63, 3.8) is 0 Å². The van der Waals surface area contributed by atoms with Gasteiger partial charge in [-0.2, -0.15) is 0 Å². The third-order valence-corrected chi connectivity index (χ3v) is 5.19. The van der Waals surface area contributed by atoms with E-state index in [0.717, 1.165) is 0 Å². The Kier molecular flexibility index (Phi) is 5.75. The van der Waals surface area contributed by atoms with E-state index in [1.165, 1.54) is 7.11 Å². The average molecular weight is 390 g/mol. The minimum Gasteiger partial charge on any atom is -0.495 e. The number of amides is 1. The van der Waals surface area contributed by atoms with Gasteiger partial charge in [-0.1, -0.05) is 23.7 Å². The van der Waals surface area contributed by atoms with Crippen molar-refractivity contribution < 1.29 is 18.2 Å². The zero-order chi connectivity index (χ0) is 18.5. The molecule has 0 fully saturated rings. The second kappa shape index (κ2) is 8.21. The summed E-state index contributed by atoms with van der Waals surface area (Å²) in [6, 6.07) is 17.1. The first kappa shape index (κ1) is 18.2. The fourth-order valence-corrected chi connectivity index (χ4v) is 3.45. The lowest BCUT2D eigenvalue weighted by Gasteiger charge is -2.08. The molecule has 1 amide bonds. The monoisotopic (exact) mass is 389 g/mol. The Bertz CT molecular complexity index is 937. The number of ether oxygens (including phenoxy) is 1. The maximum Gasteiger partial charge on any atom is 0.291 e. The van der Waals surface area contributed by atoms with Gasteiger partial charge in [0, 0.05) is 9.92 Å². The van der Waals surface area contributed by atoms with Gasteiger partial charge in [-0.25, -0.2) is 0 Å². The Labute approximate surface area is 158 Å². The molecule has 0 saturated heterocycles. The van der Waals surface area contributed by atoms with Gasteiger partial charge in [0.2, 0.25) is 0 Å². The van der Waals surface area contributed by atoms with Crippen molar-refractivity contribution >= 4 is 34.0 Å². The highest BCUT2D eigenvalue weighted by Crippen LogP contribution is 2.24. The van der Waals surface area contributed by atoms with Gasteiger partial charge in [-0.05, 0) is 48.5 Å². The van der Waals surface area contributed by atoms with Gasteiger partial charge < -0.3 is 14.5 Å². The molecule has 3 aromatic rings. The molecule has 0 radical (unpaired) electrons. The third kappa shape index (κ3) is 4.33. The van der Waals surface area contributed by atoms with Crippen LogP contribution < -0.4 is 10.1 Å². The maximum atomic E-state index is 12.4. The summed E-state index contributed by atoms with van der Waals surface area (Å²) in [6.07, 6.45) is 0. The summed E-state index contributed by atoms with van der Waals surface area (Å²) in [4.78, 5) is 13.0. The van der Waals surface area contributed by atoms with Crippen LogP contribution in [-0.2, 0) is 16.6 Å². The Balaban J connectivity index is 1.68. The molecule has 1 unspecified atom stereocenters. The van der Waals surface area contributed by atoms with E-state index in [1.807, 2.05) is 6.07 Å². The van der Waals surface area contributed by atoms with Gasteiger partial charge in [0.05, 0.1) is 29.3 Å². The molecule has 0 aliphatic rings. The smallest absolute Gasteiger partial charge is 0.291 e. The van der Waals surface area contributed by atoms with Crippen LogP contribution in [-0.4, -0.2) is 17.2 Å². The lowest BCUT2D eigenvalue weighted by Crippen LogP contribution is -2.11. The summed E-state index contributed by atoms with van der Waals surface area (Å²) in [6.45, 7) is 0. The quantitative estimate of drug-likeness (QED) is 0.673. The second-order valence-electron chi connectivity index (χ2n) is 5.36. The first-order valence-electron chi connectivity index (χ1n) is 7.74. The molecular formula is C19H16ClNO4S. The number of furan rings is 1. The normalized spacial score (nSPS) is 11.8. The van der Waals surface area contributed by atoms with Crippen molar-refractivity contribution in [2.24, 2.45) is 0 Å². The largest absolute Gasteiger partial charge is 0.495 e. The highest BCUT2D eigenvalue weighted by molar-refractivity contribution is 7.84. The minimum absolute atomic E-state index is 0.138. The number of carbonyl (C=O) groups excluding carboxylic acids is 1. The molecule has 0 bridgehead atoms. The number of nitrogens with one attached hydrogen (secondary N) is 1. The first-order chi connectivity index (χ1) is 12.6. The molecule has 1 N–H and O–H groups in total. The Hall–Kier alpha value is -2.57. The molecule has 26 heavy (non-hydrogen) atoms. The summed E-state index contributed by atoms with van der Waals surface area (Å²) in [5.74, 6) is 0.917. The van der Waals surface area contributed by atoms with E-state index < -0.39 is 16.7 Å². The molecule has 0 aliphatic carbocycles. The van der Waals surface area contributed by atoms with Gasteiger partial charge in [0.25, 0.3) is 5.91 Å². The van der Waals surface area contributed by atoms with Crippen molar-refractivity contribution in [1.29, 1.82) is 0 Å². The number of rotatable bonds is 6. The molecule has 134 valence electrons. The fraction of sp³-hybridized carbons (Fsp3) is 0.105. The molecule has 0 saturated carbocycles. The van der Waals surface area contributed by atoms with Crippen molar-refractivity contribution in [2.75, 3.05) is 12.4 Å². The molecule has 3 rings (SSSR count). The van der Waals surface area contributed by atoms with Gasteiger partial charge >= 0.3 is 0 Å². The van der Waals surface area contributed by atoms with E-state index in [-0.39, 0.29) is 11.5 Å². The van der Waals surface area contributed by atoms with E-state index in [4.69, 9.17) is 20.8 Å².